The van der Waals surface area contributed by atoms with Crippen LogP contribution in [0, 0.1) is 11.8 Å². The lowest BCUT2D eigenvalue weighted by Gasteiger charge is -2.30. The number of ether oxygens (including phenoxy) is 1. The van der Waals surface area contributed by atoms with E-state index in [1.54, 1.807) is 0 Å². The minimum atomic E-state index is -3.86. The summed E-state index contributed by atoms with van der Waals surface area (Å²) in [5.41, 5.74) is 0.346. The van der Waals surface area contributed by atoms with E-state index in [0.29, 0.717) is 25.7 Å². The van der Waals surface area contributed by atoms with Gasteiger partial charge in [0.1, 0.15) is 29.8 Å². The molecule has 4 amide bonds. The number of fused-ring (bicyclic) bond motifs is 2. The van der Waals surface area contributed by atoms with Gasteiger partial charge in [-0.3, -0.25) is 19.1 Å². The smallest absolute Gasteiger partial charge is 0.408 e. The summed E-state index contributed by atoms with van der Waals surface area (Å²) in [5, 5.41) is 9.77. The number of hydrogen-bond donors (Lipinski definition) is 3. The first-order valence-electron chi connectivity index (χ1n) is 19.2. The highest BCUT2D eigenvalue weighted by Crippen LogP contribution is 2.46. The fraction of sp³-hybridized carbons (Fsp3) is 0.658. The maximum Gasteiger partial charge on any atom is 0.408 e. The highest BCUT2D eigenvalue weighted by atomic mass is 32.2. The first-order valence-corrected chi connectivity index (χ1v) is 20.8. The Morgan fingerprint density at radius 3 is 2.37 bits per heavy atom. The van der Waals surface area contributed by atoms with Gasteiger partial charge in [0, 0.05) is 18.3 Å². The van der Waals surface area contributed by atoms with Crippen LogP contribution in [0.15, 0.2) is 47.6 Å². The minimum Gasteiger partial charge on any atom is -0.446 e. The van der Waals surface area contributed by atoms with E-state index < -0.39 is 68.7 Å². The quantitative estimate of drug-likeness (QED) is 0.192. The second-order valence-corrected chi connectivity index (χ2v) is 17.4. The molecule has 0 radical (unpaired) electrons. The maximum absolute atomic E-state index is 14.4. The van der Waals surface area contributed by atoms with Gasteiger partial charge in [-0.15, -0.1) is 0 Å². The van der Waals surface area contributed by atoms with Crippen molar-refractivity contribution < 1.29 is 37.2 Å². The summed E-state index contributed by atoms with van der Waals surface area (Å²) in [6.07, 6.45) is 13.9. The van der Waals surface area contributed by atoms with Crippen LogP contribution in [-0.4, -0.2) is 84.5 Å². The Labute approximate surface area is 305 Å². The predicted molar refractivity (Wildman–Crippen MR) is 192 cm³/mol. The van der Waals surface area contributed by atoms with Crippen LogP contribution in [-0.2, 0) is 34.0 Å². The Balaban J connectivity index is 1.15. The molecule has 0 bridgehead atoms. The zero-order valence-corrected chi connectivity index (χ0v) is 30.5. The van der Waals surface area contributed by atoms with Crippen molar-refractivity contribution in [2.24, 2.45) is 17.0 Å². The zero-order chi connectivity index (χ0) is 36.3. The van der Waals surface area contributed by atoms with Crippen LogP contribution in [0.1, 0.15) is 108 Å². The Morgan fingerprint density at radius 1 is 0.904 bits per heavy atom. The van der Waals surface area contributed by atoms with Crippen LogP contribution in [0.4, 0.5) is 4.79 Å². The molecule has 1 saturated heterocycles. The number of oxime groups is 1. The van der Waals surface area contributed by atoms with E-state index in [4.69, 9.17) is 9.57 Å². The number of hydrogen-bond acceptors (Lipinski definition) is 9. The van der Waals surface area contributed by atoms with Crippen molar-refractivity contribution >= 4 is 39.5 Å². The Hall–Kier alpha value is -3.94. The van der Waals surface area contributed by atoms with E-state index in [-0.39, 0.29) is 31.4 Å². The number of carbonyl (C=O) groups is 4. The second-order valence-electron chi connectivity index (χ2n) is 15.5. The molecule has 2 aliphatic heterocycles. The average Bonchev–Trinajstić information content (AvgIpc) is 3.98. The Bertz CT molecular complexity index is 1670. The SMILES string of the molecule is O=C(N[C@H]1CCCCC/C=C\[C@@H]2C[C@]2(C(=O)NS(=O)(=O)C2CC2)NC(=O)[C@@H]2C[C@@H](O/N=C(/c3ccccc3)C3CCCC3)CN2C1=O)OC1CCC1. The van der Waals surface area contributed by atoms with Gasteiger partial charge in [0.2, 0.25) is 21.8 Å². The number of sulfonamides is 1. The van der Waals surface area contributed by atoms with Gasteiger partial charge in [-0.05, 0) is 76.2 Å². The monoisotopic (exact) mass is 737 g/mol. The molecule has 4 saturated carbocycles. The fourth-order valence-electron chi connectivity index (χ4n) is 7.96. The molecule has 52 heavy (non-hydrogen) atoms. The fourth-order valence-corrected chi connectivity index (χ4v) is 9.32. The third-order valence-electron chi connectivity index (χ3n) is 11.6. The van der Waals surface area contributed by atoms with Gasteiger partial charge in [-0.25, -0.2) is 13.2 Å². The number of alkyl carbamates (subject to hydrolysis) is 1. The van der Waals surface area contributed by atoms with E-state index in [0.717, 1.165) is 75.5 Å². The molecule has 6 aliphatic rings. The summed E-state index contributed by atoms with van der Waals surface area (Å²) in [6, 6.07) is 7.89. The van der Waals surface area contributed by atoms with E-state index in [1.807, 2.05) is 42.5 Å². The van der Waals surface area contributed by atoms with Crippen molar-refractivity contribution in [1.82, 2.24) is 20.3 Å². The van der Waals surface area contributed by atoms with Crippen molar-refractivity contribution in [2.45, 2.75) is 138 Å². The molecule has 0 unspecified atom stereocenters. The van der Waals surface area contributed by atoms with E-state index in [9.17, 15) is 27.6 Å². The summed E-state index contributed by atoms with van der Waals surface area (Å²) < 4.78 is 33.4. The lowest BCUT2D eigenvalue weighted by molar-refractivity contribution is -0.141. The van der Waals surface area contributed by atoms with Crippen molar-refractivity contribution in [1.29, 1.82) is 0 Å². The van der Waals surface area contributed by atoms with Crippen molar-refractivity contribution in [3.05, 3.63) is 48.0 Å². The van der Waals surface area contributed by atoms with Crippen LogP contribution in [0.5, 0.6) is 0 Å². The summed E-state index contributed by atoms with van der Waals surface area (Å²) in [7, 11) is -3.86. The van der Waals surface area contributed by atoms with Crippen LogP contribution < -0.4 is 15.4 Å². The van der Waals surface area contributed by atoms with E-state index >= 15 is 0 Å². The highest BCUT2D eigenvalue weighted by Gasteiger charge is 2.62. The summed E-state index contributed by atoms with van der Waals surface area (Å²) in [5.74, 6) is -1.94. The number of allylic oxidation sites excluding steroid dienone is 1. The molecule has 7 rings (SSSR count). The standard InChI is InChI=1S/C38H51N5O8S/c44-34-32-22-29(51-41-33(26-14-9-10-15-26)25-12-5-4-6-13-25)24-43(32)35(45)31(39-37(47)50-28-17-11-18-28)19-8-3-1-2-7-16-27-23-38(27,40-34)36(46)42-52(48,49)30-20-21-30/h4-7,12-13,16,26-32H,1-3,8-11,14-15,17-24H2,(H,39,47)(H,40,44)(H,42,46)/b16-7-,41-33-/t27-,29-,31+,32+,38+/m1/s1. The zero-order valence-electron chi connectivity index (χ0n) is 29.7. The van der Waals surface area contributed by atoms with Gasteiger partial charge in [0.05, 0.1) is 17.5 Å². The third-order valence-corrected chi connectivity index (χ3v) is 13.4. The summed E-state index contributed by atoms with van der Waals surface area (Å²) >= 11 is 0. The Morgan fingerprint density at radius 2 is 1.65 bits per heavy atom. The molecule has 1 aromatic carbocycles. The van der Waals surface area contributed by atoms with Gasteiger partial charge < -0.3 is 25.1 Å². The number of benzene rings is 1. The summed E-state index contributed by atoms with van der Waals surface area (Å²) in [4.78, 5) is 63.0. The molecular weight excluding hydrogens is 687 g/mol. The number of rotatable bonds is 9. The summed E-state index contributed by atoms with van der Waals surface area (Å²) in [6.45, 7) is 0.0433. The van der Waals surface area contributed by atoms with Gasteiger partial charge >= 0.3 is 6.09 Å². The van der Waals surface area contributed by atoms with Crippen LogP contribution in [0.25, 0.3) is 0 Å². The Kier molecular flexibility index (Phi) is 10.9. The van der Waals surface area contributed by atoms with Gasteiger partial charge in [0.25, 0.3) is 5.91 Å². The molecule has 3 N–H and O–H groups in total. The molecule has 13 nitrogen and oxygen atoms in total. The number of nitrogens with zero attached hydrogens (tertiary/aromatic N) is 2. The van der Waals surface area contributed by atoms with Gasteiger partial charge in [-0.2, -0.15) is 0 Å². The lowest BCUT2D eigenvalue weighted by atomic mass is 9.95. The molecule has 282 valence electrons. The van der Waals surface area contributed by atoms with E-state index in [1.165, 1.54) is 4.90 Å². The molecule has 1 aromatic rings. The minimum absolute atomic E-state index is 0.0433. The lowest BCUT2D eigenvalue weighted by Crippen LogP contribution is -2.58. The highest BCUT2D eigenvalue weighted by molar-refractivity contribution is 7.91. The molecule has 2 heterocycles. The number of carbonyl (C=O) groups excluding carboxylic acids is 4. The van der Waals surface area contributed by atoms with Crippen LogP contribution in [0.3, 0.4) is 0 Å². The van der Waals surface area contributed by atoms with Gasteiger partial charge in [0.15, 0.2) is 0 Å². The van der Waals surface area contributed by atoms with Crippen molar-refractivity contribution in [3.8, 4) is 0 Å². The second kappa shape index (κ2) is 15.6. The largest absolute Gasteiger partial charge is 0.446 e. The molecule has 14 heteroatoms. The molecule has 0 aromatic heterocycles. The average molecular weight is 738 g/mol. The first-order chi connectivity index (χ1) is 25.1. The van der Waals surface area contributed by atoms with Crippen LogP contribution >= 0.6 is 0 Å². The predicted octanol–water partition coefficient (Wildman–Crippen LogP) is 4.22. The third kappa shape index (κ3) is 8.31. The number of amides is 4. The molecular formula is C38H51N5O8S. The van der Waals surface area contributed by atoms with Gasteiger partial charge in [-0.1, -0.05) is 73.3 Å². The van der Waals surface area contributed by atoms with Crippen molar-refractivity contribution in [2.75, 3.05) is 6.54 Å². The first kappa shape index (κ1) is 36.4. The van der Waals surface area contributed by atoms with Crippen LogP contribution in [0.2, 0.25) is 0 Å². The molecule has 0 spiro atoms. The normalized spacial score (nSPS) is 31.2. The molecule has 5 atom stereocenters. The molecule has 5 fully saturated rings. The maximum atomic E-state index is 14.4. The van der Waals surface area contributed by atoms with E-state index in [2.05, 4.69) is 20.5 Å². The molecule has 4 aliphatic carbocycles. The van der Waals surface area contributed by atoms with Crippen molar-refractivity contribution in [3.63, 3.8) is 0 Å². The number of nitrogens with one attached hydrogen (secondary N) is 3. The topological polar surface area (TPSA) is 173 Å².